The van der Waals surface area contributed by atoms with Gasteiger partial charge in [-0.15, -0.1) is 0 Å². The van der Waals surface area contributed by atoms with Crippen LogP contribution in [0.25, 0.3) is 0 Å². The maximum absolute atomic E-state index is 6.34. The van der Waals surface area contributed by atoms with Crippen molar-refractivity contribution < 1.29 is 4.74 Å². The van der Waals surface area contributed by atoms with Crippen LogP contribution in [0.2, 0.25) is 0 Å². The van der Waals surface area contributed by atoms with E-state index < -0.39 is 0 Å². The lowest BCUT2D eigenvalue weighted by molar-refractivity contribution is 0.385. The summed E-state index contributed by atoms with van der Waals surface area (Å²) in [6, 6.07) is 6.16. The molecule has 0 aliphatic heterocycles. The molecule has 1 aliphatic rings. The van der Waals surface area contributed by atoms with Gasteiger partial charge in [-0.2, -0.15) is 0 Å². The summed E-state index contributed by atoms with van der Waals surface area (Å²) < 4.78 is 6.45. The van der Waals surface area contributed by atoms with E-state index in [2.05, 4.69) is 22.0 Å². The molecule has 1 aromatic rings. The van der Waals surface area contributed by atoms with Gasteiger partial charge in [0.15, 0.2) is 0 Å². The maximum atomic E-state index is 6.34. The van der Waals surface area contributed by atoms with Crippen LogP contribution in [0.5, 0.6) is 5.75 Å². The van der Waals surface area contributed by atoms with Gasteiger partial charge in [-0.1, -0.05) is 28.8 Å². The molecule has 1 unspecified atom stereocenters. The van der Waals surface area contributed by atoms with E-state index in [9.17, 15) is 0 Å². The summed E-state index contributed by atoms with van der Waals surface area (Å²) in [7, 11) is 1.70. The summed E-state index contributed by atoms with van der Waals surface area (Å²) >= 11 is 3.49. The van der Waals surface area contributed by atoms with Crippen LogP contribution in [0.4, 0.5) is 0 Å². The fourth-order valence-corrected chi connectivity index (χ4v) is 2.91. The van der Waals surface area contributed by atoms with Crippen LogP contribution >= 0.6 is 15.9 Å². The molecule has 3 heteroatoms. The molecule has 0 spiro atoms. The summed E-state index contributed by atoms with van der Waals surface area (Å²) in [5.74, 6) is 1.52. The van der Waals surface area contributed by atoms with Gasteiger partial charge in [0.2, 0.25) is 0 Å². The predicted octanol–water partition coefficient (Wildman–Crippen LogP) is 3.65. The molecule has 0 aromatic heterocycles. The molecule has 2 rings (SSSR count). The van der Waals surface area contributed by atoms with E-state index in [1.807, 2.05) is 12.1 Å². The number of rotatable bonds is 3. The zero-order chi connectivity index (χ0) is 11.5. The Morgan fingerprint density at radius 2 is 2.06 bits per heavy atom. The van der Waals surface area contributed by atoms with Crippen molar-refractivity contribution in [2.75, 3.05) is 7.11 Å². The number of hydrogen-bond donors (Lipinski definition) is 1. The summed E-state index contributed by atoms with van der Waals surface area (Å²) in [6.45, 7) is 0. The highest BCUT2D eigenvalue weighted by Gasteiger charge is 2.25. The molecule has 0 saturated heterocycles. The molecule has 1 aliphatic carbocycles. The molecule has 1 atom stereocenters. The maximum Gasteiger partial charge on any atom is 0.123 e. The summed E-state index contributed by atoms with van der Waals surface area (Å²) in [6.07, 6.45) is 5.12. The van der Waals surface area contributed by atoms with Crippen LogP contribution in [-0.4, -0.2) is 7.11 Å². The van der Waals surface area contributed by atoms with Crippen LogP contribution in [0.3, 0.4) is 0 Å². The zero-order valence-corrected chi connectivity index (χ0v) is 11.2. The second-order valence-electron chi connectivity index (χ2n) is 4.46. The second-order valence-corrected chi connectivity index (χ2v) is 5.37. The Labute approximate surface area is 105 Å². The third-order valence-electron chi connectivity index (χ3n) is 3.46. The Bertz CT molecular complexity index is 361. The van der Waals surface area contributed by atoms with Gasteiger partial charge in [0, 0.05) is 16.1 Å². The van der Waals surface area contributed by atoms with Gasteiger partial charge in [0.25, 0.3) is 0 Å². The van der Waals surface area contributed by atoms with Crippen LogP contribution in [0, 0.1) is 5.92 Å². The van der Waals surface area contributed by atoms with Crippen molar-refractivity contribution in [3.8, 4) is 5.75 Å². The fourth-order valence-electron chi connectivity index (χ4n) is 2.54. The lowest BCUT2D eigenvalue weighted by Gasteiger charge is -2.21. The summed E-state index contributed by atoms with van der Waals surface area (Å²) in [5.41, 5.74) is 7.47. The van der Waals surface area contributed by atoms with E-state index in [0.29, 0.717) is 5.92 Å². The normalized spacial score (nSPS) is 18.7. The quantitative estimate of drug-likeness (QED) is 0.919. The molecule has 0 radical (unpaired) electrons. The molecule has 2 nitrogen and oxygen atoms in total. The SMILES string of the molecule is COc1ccc(Br)cc1C(N)C1CCCC1. The predicted molar refractivity (Wildman–Crippen MR) is 69.6 cm³/mol. The van der Waals surface area contributed by atoms with Crippen molar-refractivity contribution >= 4 is 15.9 Å². The molecule has 0 amide bonds. The monoisotopic (exact) mass is 283 g/mol. The lowest BCUT2D eigenvalue weighted by atomic mass is 9.92. The van der Waals surface area contributed by atoms with E-state index in [4.69, 9.17) is 10.5 Å². The Morgan fingerprint density at radius 3 is 2.69 bits per heavy atom. The number of benzene rings is 1. The molecular formula is C13H18BrNO. The number of ether oxygens (including phenoxy) is 1. The lowest BCUT2D eigenvalue weighted by Crippen LogP contribution is -2.19. The summed E-state index contributed by atoms with van der Waals surface area (Å²) in [5, 5.41) is 0. The fraction of sp³-hybridized carbons (Fsp3) is 0.538. The molecule has 0 heterocycles. The van der Waals surface area contributed by atoms with Crippen LogP contribution < -0.4 is 10.5 Å². The zero-order valence-electron chi connectivity index (χ0n) is 9.58. The van der Waals surface area contributed by atoms with Crippen LogP contribution in [0.15, 0.2) is 22.7 Å². The molecule has 2 N–H and O–H groups in total. The Kier molecular flexibility index (Phi) is 3.87. The minimum atomic E-state index is 0.106. The molecule has 16 heavy (non-hydrogen) atoms. The standard InChI is InChI=1S/C13H18BrNO/c1-16-12-7-6-10(14)8-11(12)13(15)9-4-2-3-5-9/h6-9,13H,2-5,15H2,1H3. The van der Waals surface area contributed by atoms with Crippen molar-refractivity contribution in [3.05, 3.63) is 28.2 Å². The third kappa shape index (κ3) is 2.41. The Morgan fingerprint density at radius 1 is 1.38 bits per heavy atom. The third-order valence-corrected chi connectivity index (χ3v) is 3.95. The van der Waals surface area contributed by atoms with Gasteiger partial charge >= 0.3 is 0 Å². The molecule has 1 saturated carbocycles. The van der Waals surface area contributed by atoms with Crippen molar-refractivity contribution in [2.24, 2.45) is 11.7 Å². The highest BCUT2D eigenvalue weighted by Crippen LogP contribution is 2.38. The Hall–Kier alpha value is -0.540. The minimum Gasteiger partial charge on any atom is -0.496 e. The van der Waals surface area contributed by atoms with Gasteiger partial charge in [0.1, 0.15) is 5.75 Å². The van der Waals surface area contributed by atoms with Gasteiger partial charge in [0.05, 0.1) is 7.11 Å². The van der Waals surface area contributed by atoms with Crippen LogP contribution in [0.1, 0.15) is 37.3 Å². The van der Waals surface area contributed by atoms with Gasteiger partial charge in [-0.05, 0) is 37.0 Å². The first-order chi connectivity index (χ1) is 7.72. The molecular weight excluding hydrogens is 266 g/mol. The summed E-state index contributed by atoms with van der Waals surface area (Å²) in [4.78, 5) is 0. The van der Waals surface area contributed by atoms with Gasteiger partial charge < -0.3 is 10.5 Å². The number of hydrogen-bond acceptors (Lipinski definition) is 2. The first-order valence-electron chi connectivity index (χ1n) is 5.81. The first-order valence-corrected chi connectivity index (χ1v) is 6.60. The molecule has 0 bridgehead atoms. The van der Waals surface area contributed by atoms with Gasteiger partial charge in [-0.25, -0.2) is 0 Å². The van der Waals surface area contributed by atoms with Crippen molar-refractivity contribution in [1.29, 1.82) is 0 Å². The van der Waals surface area contributed by atoms with Crippen molar-refractivity contribution in [1.82, 2.24) is 0 Å². The van der Waals surface area contributed by atoms with E-state index in [-0.39, 0.29) is 6.04 Å². The van der Waals surface area contributed by atoms with Crippen molar-refractivity contribution in [3.63, 3.8) is 0 Å². The van der Waals surface area contributed by atoms with Gasteiger partial charge in [-0.3, -0.25) is 0 Å². The highest BCUT2D eigenvalue weighted by atomic mass is 79.9. The average Bonchev–Trinajstić information content (AvgIpc) is 2.81. The van der Waals surface area contributed by atoms with E-state index in [0.717, 1.165) is 15.8 Å². The van der Waals surface area contributed by atoms with Crippen molar-refractivity contribution in [2.45, 2.75) is 31.7 Å². The topological polar surface area (TPSA) is 35.2 Å². The second kappa shape index (κ2) is 5.19. The molecule has 1 fully saturated rings. The smallest absolute Gasteiger partial charge is 0.123 e. The number of nitrogens with two attached hydrogens (primary N) is 1. The highest BCUT2D eigenvalue weighted by molar-refractivity contribution is 9.10. The minimum absolute atomic E-state index is 0.106. The molecule has 1 aromatic carbocycles. The average molecular weight is 284 g/mol. The first kappa shape index (κ1) is 11.9. The van der Waals surface area contributed by atoms with Crippen LogP contribution in [-0.2, 0) is 0 Å². The number of methoxy groups -OCH3 is 1. The number of halogens is 1. The largest absolute Gasteiger partial charge is 0.496 e. The van der Waals surface area contributed by atoms with E-state index in [1.165, 1.54) is 25.7 Å². The Balaban J connectivity index is 2.26. The van der Waals surface area contributed by atoms with E-state index >= 15 is 0 Å². The van der Waals surface area contributed by atoms with E-state index in [1.54, 1.807) is 7.11 Å². The molecule has 88 valence electrons.